The predicted molar refractivity (Wildman–Crippen MR) is 75.3 cm³/mol. The molecule has 0 spiro atoms. The predicted octanol–water partition coefficient (Wildman–Crippen LogP) is 2.68. The van der Waals surface area contributed by atoms with Gasteiger partial charge in [-0.25, -0.2) is 9.37 Å². The van der Waals surface area contributed by atoms with Gasteiger partial charge >= 0.3 is 0 Å². The first-order chi connectivity index (χ1) is 9.58. The fraction of sp³-hybridized carbons (Fsp3) is 0.312. The summed E-state index contributed by atoms with van der Waals surface area (Å²) in [6, 6.07) is 8.28. The van der Waals surface area contributed by atoms with Crippen molar-refractivity contribution in [2.24, 2.45) is 0 Å². The highest BCUT2D eigenvalue weighted by molar-refractivity contribution is 5.27. The molecule has 0 aliphatic carbocycles. The molecular weight excluding hydrogens is 257 g/mol. The largest absolute Gasteiger partial charge is 0.481 e. The average molecular weight is 275 g/mol. The van der Waals surface area contributed by atoms with Gasteiger partial charge in [-0.05, 0) is 42.2 Å². The van der Waals surface area contributed by atoms with Gasteiger partial charge in [0.2, 0.25) is 5.88 Å². The summed E-state index contributed by atoms with van der Waals surface area (Å²) in [5.74, 6) is 0.303. The molecular formula is C16H18FNO2. The number of pyridine rings is 1. The highest BCUT2D eigenvalue weighted by Gasteiger charge is 2.10. The van der Waals surface area contributed by atoms with Gasteiger partial charge in [-0.2, -0.15) is 0 Å². The fourth-order valence-electron chi connectivity index (χ4n) is 2.14. The third-order valence-electron chi connectivity index (χ3n) is 3.24. The van der Waals surface area contributed by atoms with Crippen LogP contribution >= 0.6 is 0 Å². The Morgan fingerprint density at radius 3 is 2.65 bits per heavy atom. The fourth-order valence-corrected chi connectivity index (χ4v) is 2.14. The minimum atomic E-state index is -0.519. The molecule has 2 rings (SSSR count). The lowest BCUT2D eigenvalue weighted by Crippen LogP contribution is -2.15. The molecule has 0 bridgehead atoms. The number of halogens is 1. The maximum absolute atomic E-state index is 13.0. The van der Waals surface area contributed by atoms with Crippen LogP contribution in [-0.2, 0) is 12.8 Å². The van der Waals surface area contributed by atoms with E-state index in [1.54, 1.807) is 25.4 Å². The molecule has 0 radical (unpaired) electrons. The first-order valence-electron chi connectivity index (χ1n) is 6.50. The molecule has 0 aliphatic heterocycles. The molecule has 1 atom stereocenters. The van der Waals surface area contributed by atoms with Gasteiger partial charge in [-0.15, -0.1) is 0 Å². The summed E-state index contributed by atoms with van der Waals surface area (Å²) < 4.78 is 18.0. The van der Waals surface area contributed by atoms with Crippen molar-refractivity contribution >= 4 is 0 Å². The van der Waals surface area contributed by atoms with Gasteiger partial charge in [0.25, 0.3) is 0 Å². The zero-order valence-electron chi connectivity index (χ0n) is 11.6. The number of aliphatic hydroxyl groups is 1. The molecule has 4 heteroatoms. The zero-order chi connectivity index (χ0) is 14.5. The summed E-state index contributed by atoms with van der Waals surface area (Å²) >= 11 is 0. The lowest BCUT2D eigenvalue weighted by Gasteiger charge is -2.12. The van der Waals surface area contributed by atoms with Gasteiger partial charge in [0, 0.05) is 18.7 Å². The van der Waals surface area contributed by atoms with Crippen LogP contribution in [0.1, 0.15) is 16.7 Å². The summed E-state index contributed by atoms with van der Waals surface area (Å²) in [6.45, 7) is 1.85. The molecule has 3 nitrogen and oxygen atoms in total. The van der Waals surface area contributed by atoms with E-state index < -0.39 is 6.10 Å². The van der Waals surface area contributed by atoms with Crippen LogP contribution in [0, 0.1) is 12.7 Å². The van der Waals surface area contributed by atoms with E-state index in [2.05, 4.69) is 4.98 Å². The monoisotopic (exact) mass is 275 g/mol. The smallest absolute Gasteiger partial charge is 0.212 e. The molecule has 0 saturated heterocycles. The Kier molecular flexibility index (Phi) is 4.69. The van der Waals surface area contributed by atoms with E-state index >= 15 is 0 Å². The molecule has 1 N–H and O–H groups in total. The summed E-state index contributed by atoms with van der Waals surface area (Å²) in [7, 11) is 1.56. The molecule has 20 heavy (non-hydrogen) atoms. The second-order valence-electron chi connectivity index (χ2n) is 4.84. The van der Waals surface area contributed by atoms with Crippen molar-refractivity contribution in [3.63, 3.8) is 0 Å². The van der Waals surface area contributed by atoms with E-state index in [0.29, 0.717) is 18.7 Å². The number of aryl methyl sites for hydroxylation is 1. The number of benzene rings is 1. The highest BCUT2D eigenvalue weighted by Crippen LogP contribution is 2.15. The number of hydrogen-bond acceptors (Lipinski definition) is 3. The number of rotatable bonds is 5. The summed E-state index contributed by atoms with van der Waals surface area (Å²) in [4.78, 5) is 4.10. The first kappa shape index (κ1) is 14.5. The molecule has 1 aromatic carbocycles. The molecule has 1 heterocycles. The van der Waals surface area contributed by atoms with Gasteiger partial charge < -0.3 is 9.84 Å². The third kappa shape index (κ3) is 3.78. The Morgan fingerprint density at radius 1 is 1.25 bits per heavy atom. The second-order valence-corrected chi connectivity index (χ2v) is 4.84. The number of aliphatic hydroxyl groups excluding tert-OH is 1. The quantitative estimate of drug-likeness (QED) is 0.912. The van der Waals surface area contributed by atoms with Crippen LogP contribution in [0.25, 0.3) is 0 Å². The molecule has 0 aliphatic rings. The minimum absolute atomic E-state index is 0.250. The lowest BCUT2D eigenvalue weighted by molar-refractivity contribution is 0.175. The molecule has 1 aromatic heterocycles. The van der Waals surface area contributed by atoms with Crippen molar-refractivity contribution < 1.29 is 14.2 Å². The van der Waals surface area contributed by atoms with E-state index in [4.69, 9.17) is 4.74 Å². The molecule has 106 valence electrons. The van der Waals surface area contributed by atoms with Crippen molar-refractivity contribution in [3.8, 4) is 5.88 Å². The number of methoxy groups -OCH3 is 1. The maximum Gasteiger partial charge on any atom is 0.212 e. The van der Waals surface area contributed by atoms with Crippen LogP contribution in [0.2, 0.25) is 0 Å². The maximum atomic E-state index is 13.0. The normalized spacial score (nSPS) is 12.2. The van der Waals surface area contributed by atoms with Crippen molar-refractivity contribution in [3.05, 3.63) is 59.0 Å². The molecule has 1 unspecified atom stereocenters. The average Bonchev–Trinajstić information content (AvgIpc) is 2.43. The first-order valence-corrected chi connectivity index (χ1v) is 6.50. The van der Waals surface area contributed by atoms with Crippen molar-refractivity contribution in [1.29, 1.82) is 0 Å². The summed E-state index contributed by atoms with van der Waals surface area (Å²) in [5, 5.41) is 10.1. The van der Waals surface area contributed by atoms with E-state index in [1.807, 2.05) is 13.0 Å². The van der Waals surface area contributed by atoms with Gasteiger partial charge in [0.15, 0.2) is 0 Å². The van der Waals surface area contributed by atoms with Gasteiger partial charge in [-0.1, -0.05) is 12.1 Å². The van der Waals surface area contributed by atoms with Crippen LogP contribution in [0.5, 0.6) is 5.88 Å². The van der Waals surface area contributed by atoms with E-state index in [0.717, 1.165) is 16.7 Å². The number of nitrogens with zero attached hydrogens (tertiary/aromatic N) is 1. The van der Waals surface area contributed by atoms with Gasteiger partial charge in [0.1, 0.15) is 5.82 Å². The Morgan fingerprint density at radius 2 is 2.05 bits per heavy atom. The van der Waals surface area contributed by atoms with Crippen LogP contribution in [0.4, 0.5) is 4.39 Å². The van der Waals surface area contributed by atoms with Crippen LogP contribution < -0.4 is 4.74 Å². The molecule has 0 saturated carbocycles. The van der Waals surface area contributed by atoms with E-state index in [-0.39, 0.29) is 5.82 Å². The molecule has 0 fully saturated rings. The molecule has 0 amide bonds. The molecule has 2 aromatic rings. The third-order valence-corrected chi connectivity index (χ3v) is 3.24. The van der Waals surface area contributed by atoms with Crippen molar-refractivity contribution in [1.82, 2.24) is 4.98 Å². The minimum Gasteiger partial charge on any atom is -0.481 e. The second kappa shape index (κ2) is 6.48. The Balaban J connectivity index is 1.99. The number of aromatic nitrogens is 1. The van der Waals surface area contributed by atoms with Crippen LogP contribution in [0.15, 0.2) is 36.5 Å². The lowest BCUT2D eigenvalue weighted by atomic mass is 9.99. The van der Waals surface area contributed by atoms with E-state index in [1.165, 1.54) is 12.1 Å². The van der Waals surface area contributed by atoms with Crippen molar-refractivity contribution in [2.75, 3.05) is 7.11 Å². The van der Waals surface area contributed by atoms with Crippen LogP contribution in [0.3, 0.4) is 0 Å². The van der Waals surface area contributed by atoms with Crippen LogP contribution in [-0.4, -0.2) is 23.3 Å². The Labute approximate surface area is 118 Å². The Hall–Kier alpha value is -1.94. The Bertz CT molecular complexity index is 569. The number of ether oxygens (including phenoxy) is 1. The standard InChI is InChI=1S/C16H18FNO2/c1-11-7-14(17)5-4-13(11)9-15(19)8-12-3-6-16(20-2)18-10-12/h3-7,10,15,19H,8-9H2,1-2H3. The summed E-state index contributed by atoms with van der Waals surface area (Å²) in [6.07, 6.45) is 2.18. The highest BCUT2D eigenvalue weighted by atomic mass is 19.1. The van der Waals surface area contributed by atoms with E-state index in [9.17, 15) is 9.50 Å². The summed E-state index contributed by atoms with van der Waals surface area (Å²) in [5.41, 5.74) is 2.76. The topological polar surface area (TPSA) is 42.4 Å². The van der Waals surface area contributed by atoms with Gasteiger partial charge in [0.05, 0.1) is 13.2 Å². The zero-order valence-corrected chi connectivity index (χ0v) is 11.6. The SMILES string of the molecule is COc1ccc(CC(O)Cc2ccc(F)cc2C)cn1. The van der Waals surface area contributed by atoms with Gasteiger partial charge in [-0.3, -0.25) is 0 Å². The van der Waals surface area contributed by atoms with Crippen molar-refractivity contribution in [2.45, 2.75) is 25.9 Å². The number of hydrogen-bond donors (Lipinski definition) is 1.